The molecule has 3 aliphatic rings. The molecule has 2 bridgehead atoms. The second-order valence-electron chi connectivity index (χ2n) is 11.5. The summed E-state index contributed by atoms with van der Waals surface area (Å²) in [6.07, 6.45) is -0.596. The summed E-state index contributed by atoms with van der Waals surface area (Å²) in [6.45, 7) is 1.23. The third-order valence-corrected chi connectivity index (χ3v) is 11.0. The molecule has 37 heavy (non-hydrogen) atoms. The van der Waals surface area contributed by atoms with Gasteiger partial charge in [0.1, 0.15) is 15.6 Å². The van der Waals surface area contributed by atoms with Gasteiger partial charge in [0, 0.05) is 56.4 Å². The van der Waals surface area contributed by atoms with Gasteiger partial charge in [-0.15, -0.1) is 0 Å². The third-order valence-electron chi connectivity index (χ3n) is 8.62. The van der Waals surface area contributed by atoms with Gasteiger partial charge in [0.2, 0.25) is 0 Å². The Hall–Kier alpha value is -1.98. The van der Waals surface area contributed by atoms with Crippen molar-refractivity contribution in [3.05, 3.63) is 71.8 Å². The molecule has 2 heterocycles. The maximum absolute atomic E-state index is 13.3. The Kier molecular flexibility index (Phi) is 6.94. The van der Waals surface area contributed by atoms with Crippen molar-refractivity contribution in [1.82, 2.24) is 9.21 Å². The monoisotopic (exact) mass is 530 g/mol. The van der Waals surface area contributed by atoms with Crippen LogP contribution in [0.1, 0.15) is 36.8 Å². The van der Waals surface area contributed by atoms with Crippen LogP contribution in [0.2, 0.25) is 0 Å². The predicted octanol–water partition coefficient (Wildman–Crippen LogP) is 2.58. The summed E-state index contributed by atoms with van der Waals surface area (Å²) in [6, 6.07) is 19.7. The number of ketones is 1. The summed E-state index contributed by atoms with van der Waals surface area (Å²) in [4.78, 5) is 15.5. The van der Waals surface area contributed by atoms with Crippen molar-refractivity contribution in [1.29, 1.82) is 0 Å². The highest BCUT2D eigenvalue weighted by Crippen LogP contribution is 2.53. The Labute approximate surface area is 218 Å². The van der Waals surface area contributed by atoms with Crippen molar-refractivity contribution in [3.63, 3.8) is 0 Å². The molecule has 2 aliphatic heterocycles. The molecule has 3 fully saturated rings. The van der Waals surface area contributed by atoms with E-state index in [-0.39, 0.29) is 44.0 Å². The number of hydrogen-bond acceptors (Lipinski definition) is 5. The van der Waals surface area contributed by atoms with E-state index in [2.05, 4.69) is 4.90 Å². The molecule has 3 unspecified atom stereocenters. The topological polar surface area (TPSA) is 122 Å². The number of β-amino-alcohol motifs (C(OH)–C–C–N with tert-alkyl or cyclic N) is 1. The Bertz CT molecular complexity index is 1190. The first-order valence-corrected chi connectivity index (χ1v) is 15.1. The number of likely N-dealkylation sites (tertiary alicyclic amines) is 1. The second kappa shape index (κ2) is 9.64. The van der Waals surface area contributed by atoms with Gasteiger partial charge in [-0.05, 0) is 30.4 Å². The van der Waals surface area contributed by atoms with E-state index in [1.165, 1.54) is 0 Å². The number of nitrogens with zero attached hydrogens (tertiary/aromatic N) is 2. The smallest absolute Gasteiger partial charge is 0.140 e. The normalized spacial score (nSPS) is 33.8. The number of piperidine rings is 1. The van der Waals surface area contributed by atoms with Gasteiger partial charge in [-0.1, -0.05) is 60.7 Å². The minimum absolute atomic E-state index is 0.0197. The Morgan fingerprint density at radius 2 is 1.59 bits per heavy atom. The van der Waals surface area contributed by atoms with Crippen molar-refractivity contribution in [2.45, 2.75) is 50.9 Å². The Balaban J connectivity index is 1.52. The van der Waals surface area contributed by atoms with Crippen LogP contribution < -0.4 is 0 Å². The van der Waals surface area contributed by atoms with Crippen LogP contribution in [0.3, 0.4) is 0 Å². The minimum Gasteiger partial charge on any atom is -0.392 e. The highest BCUT2D eigenvalue weighted by molar-refractivity contribution is 8.08. The number of benzene rings is 2. The lowest BCUT2D eigenvalue weighted by molar-refractivity contribution is -0.206. The quantitative estimate of drug-likeness (QED) is 0.434. The maximum atomic E-state index is 13.3. The summed E-state index contributed by atoms with van der Waals surface area (Å²) in [5, 5.41) is 23.7. The van der Waals surface area contributed by atoms with Gasteiger partial charge in [-0.3, -0.25) is 18.8 Å². The Morgan fingerprint density at radius 1 is 0.946 bits per heavy atom. The van der Waals surface area contributed by atoms with Crippen LogP contribution in [0.15, 0.2) is 60.7 Å². The summed E-state index contributed by atoms with van der Waals surface area (Å²) < 4.78 is 35.2. The molecular formula is C28H38N2O6S. The molecule has 5 rings (SSSR count). The summed E-state index contributed by atoms with van der Waals surface area (Å²) in [7, 11) is -5.05. The van der Waals surface area contributed by atoms with Crippen LogP contribution in [0, 0.1) is 10.8 Å². The van der Waals surface area contributed by atoms with Crippen LogP contribution >= 0.6 is 0 Å². The van der Waals surface area contributed by atoms with E-state index in [0.717, 1.165) is 15.4 Å². The highest BCUT2D eigenvalue weighted by atomic mass is 32.3. The molecule has 4 atom stereocenters. The standard InChI is InChI=1S/C28H38N2O6S/c31-24-16-27(15-22-9-3-1-4-10-22)20-29(18-23-11-5-2-6-12-23)21-28(17-24,26(27)33)25(32)19-30-13-7-8-14-37(30,34,35)36/h1-6,9-12,25-26,32-33H,7-8,13-21H2,(H2,34,35,36)/t25-,26?,27?,28?/m1/s1. The number of aliphatic hydroxyl groups excluding tert-OH is 2. The fraction of sp³-hybridized carbons (Fsp3) is 0.536. The molecule has 9 heteroatoms. The van der Waals surface area contributed by atoms with E-state index in [0.29, 0.717) is 32.4 Å². The first-order valence-electron chi connectivity index (χ1n) is 13.1. The molecule has 8 nitrogen and oxygen atoms in total. The molecule has 1 saturated carbocycles. The molecule has 1 aliphatic carbocycles. The fourth-order valence-corrected chi connectivity index (χ4v) is 8.88. The largest absolute Gasteiger partial charge is 0.392 e. The molecule has 2 aromatic rings. The minimum atomic E-state index is -5.05. The van der Waals surface area contributed by atoms with Gasteiger partial charge >= 0.3 is 0 Å². The van der Waals surface area contributed by atoms with Crippen molar-refractivity contribution >= 4 is 15.6 Å². The number of rotatable bonds is 7. The molecule has 0 radical (unpaired) electrons. The lowest BCUT2D eigenvalue weighted by atomic mass is 9.53. The maximum Gasteiger partial charge on any atom is 0.140 e. The zero-order valence-electron chi connectivity index (χ0n) is 21.1. The molecule has 0 amide bonds. The average molecular weight is 531 g/mol. The lowest BCUT2D eigenvalue weighted by Gasteiger charge is -2.61. The van der Waals surface area contributed by atoms with E-state index in [1.54, 1.807) is 0 Å². The van der Waals surface area contributed by atoms with Crippen molar-refractivity contribution < 1.29 is 28.3 Å². The van der Waals surface area contributed by atoms with E-state index in [9.17, 15) is 28.3 Å². The van der Waals surface area contributed by atoms with Gasteiger partial charge in [-0.2, -0.15) is 0 Å². The van der Waals surface area contributed by atoms with Crippen molar-refractivity contribution in [2.24, 2.45) is 10.8 Å². The highest BCUT2D eigenvalue weighted by Gasteiger charge is 2.63. The Morgan fingerprint density at radius 3 is 2.24 bits per heavy atom. The average Bonchev–Trinajstić information content (AvgIpc) is 2.83. The molecule has 202 valence electrons. The zero-order chi connectivity index (χ0) is 26.3. The third kappa shape index (κ3) is 5.18. The zero-order valence-corrected chi connectivity index (χ0v) is 21.9. The number of fused-ring (bicyclic) bond motifs is 2. The summed E-state index contributed by atoms with van der Waals surface area (Å²) in [5.41, 5.74) is 0.0514. The van der Waals surface area contributed by atoms with Gasteiger partial charge in [0.25, 0.3) is 0 Å². The molecule has 0 aromatic heterocycles. The number of carbonyl (C=O) groups excluding carboxylic acids is 1. The number of hydrogen-bond donors (Lipinski definition) is 4. The van der Waals surface area contributed by atoms with Gasteiger partial charge in [0.05, 0.1) is 18.0 Å². The van der Waals surface area contributed by atoms with E-state index < -0.39 is 32.9 Å². The fourth-order valence-electron chi connectivity index (χ4n) is 6.98. The summed E-state index contributed by atoms with van der Waals surface area (Å²) >= 11 is 0. The van der Waals surface area contributed by atoms with E-state index in [4.69, 9.17) is 0 Å². The van der Waals surface area contributed by atoms with Crippen LogP contribution in [0.25, 0.3) is 0 Å². The first-order chi connectivity index (χ1) is 17.5. The number of aliphatic hydroxyl groups is 2. The second-order valence-corrected chi connectivity index (χ2v) is 14.3. The van der Waals surface area contributed by atoms with Gasteiger partial charge in [-0.25, -0.2) is 8.51 Å². The van der Waals surface area contributed by atoms with Crippen LogP contribution in [0.5, 0.6) is 0 Å². The molecule has 4 N–H and O–H groups in total. The van der Waals surface area contributed by atoms with Gasteiger partial charge in [0.15, 0.2) is 0 Å². The molecule has 0 spiro atoms. The lowest BCUT2D eigenvalue weighted by Crippen LogP contribution is -2.71. The number of carbonyl (C=O) groups is 1. The summed E-state index contributed by atoms with van der Waals surface area (Å²) in [5.74, 6) is -0.292. The molecule has 2 saturated heterocycles. The number of Topliss-reactive ketones (excluding diaryl/α,β-unsaturated/α-hetero) is 1. The van der Waals surface area contributed by atoms with Crippen molar-refractivity contribution in [2.75, 3.05) is 31.9 Å². The van der Waals surface area contributed by atoms with E-state index in [1.807, 2.05) is 60.7 Å². The van der Waals surface area contributed by atoms with Crippen molar-refractivity contribution in [3.8, 4) is 0 Å². The molecular weight excluding hydrogens is 492 g/mol. The van der Waals surface area contributed by atoms with E-state index >= 15 is 0 Å². The van der Waals surface area contributed by atoms with Gasteiger partial charge < -0.3 is 10.2 Å². The van der Waals surface area contributed by atoms with Crippen LogP contribution in [-0.4, -0.2) is 82.7 Å². The molecule has 2 aromatic carbocycles. The predicted molar refractivity (Wildman–Crippen MR) is 142 cm³/mol. The first kappa shape index (κ1) is 26.6. The SMILES string of the molecule is O=C1CC2(Cc3ccccc3)CN(Cc3ccccc3)CC([C@H](O)CN3CCCCS3(=O)(O)O)(C1)C2O. The van der Waals surface area contributed by atoms with Crippen LogP contribution in [0.4, 0.5) is 0 Å². The van der Waals surface area contributed by atoms with Crippen LogP contribution in [-0.2, 0) is 27.6 Å².